The molecule has 19 heavy (non-hydrogen) atoms. The van der Waals surface area contributed by atoms with Crippen molar-refractivity contribution < 1.29 is 14.0 Å². The average molecular weight is 258 g/mol. The van der Waals surface area contributed by atoms with Crippen LogP contribution in [0, 0.1) is 6.92 Å². The van der Waals surface area contributed by atoms with Gasteiger partial charge in [-0.1, -0.05) is 23.7 Å². The van der Waals surface area contributed by atoms with E-state index in [4.69, 9.17) is 8.94 Å². The van der Waals surface area contributed by atoms with Crippen molar-refractivity contribution in [3.8, 4) is 11.7 Å². The molecule has 2 aromatic heterocycles. The number of aryl methyl sites for hydroxylation is 1. The van der Waals surface area contributed by atoms with E-state index >= 15 is 0 Å². The quantitative estimate of drug-likeness (QED) is 0.780. The molecule has 5 heteroatoms. The molecule has 0 spiro atoms. The molecule has 1 atom stereocenters. The summed E-state index contributed by atoms with van der Waals surface area (Å²) in [6, 6.07) is 7.78. The summed E-state index contributed by atoms with van der Waals surface area (Å²) >= 11 is 0. The van der Waals surface area contributed by atoms with Crippen LogP contribution in [0.3, 0.4) is 0 Å². The van der Waals surface area contributed by atoms with Gasteiger partial charge in [-0.2, -0.15) is 4.98 Å². The van der Waals surface area contributed by atoms with Crippen LogP contribution in [0.2, 0.25) is 0 Å². The second-order valence-corrected chi connectivity index (χ2v) is 4.53. The fourth-order valence-corrected chi connectivity index (χ4v) is 1.92. The van der Waals surface area contributed by atoms with Crippen molar-refractivity contribution in [3.63, 3.8) is 0 Å². The van der Waals surface area contributed by atoms with Crippen molar-refractivity contribution in [2.75, 3.05) is 0 Å². The third-order valence-corrected chi connectivity index (χ3v) is 3.01. The Kier molecular flexibility index (Phi) is 2.83. The van der Waals surface area contributed by atoms with E-state index in [1.807, 2.05) is 38.1 Å². The first-order chi connectivity index (χ1) is 9.17. The van der Waals surface area contributed by atoms with Crippen LogP contribution in [0.1, 0.15) is 30.8 Å². The summed E-state index contributed by atoms with van der Waals surface area (Å²) in [4.78, 5) is 4.15. The maximum atomic E-state index is 9.65. The Labute approximate surface area is 109 Å². The summed E-state index contributed by atoms with van der Waals surface area (Å²) in [7, 11) is 0. The number of hydrogen-bond acceptors (Lipinski definition) is 5. The minimum absolute atomic E-state index is 0.286. The van der Waals surface area contributed by atoms with Gasteiger partial charge in [-0.15, -0.1) is 0 Å². The molecule has 0 saturated heterocycles. The molecule has 98 valence electrons. The Balaban J connectivity index is 2.01. The predicted octanol–water partition coefficient (Wildman–Crippen LogP) is 3.23. The molecule has 0 aliphatic rings. The number of nitrogens with zero attached hydrogens (tertiary/aromatic N) is 2. The van der Waals surface area contributed by atoms with Crippen LogP contribution in [-0.2, 0) is 0 Å². The van der Waals surface area contributed by atoms with Crippen molar-refractivity contribution in [3.05, 3.63) is 35.7 Å². The molecule has 2 heterocycles. The Morgan fingerprint density at radius 1 is 1.32 bits per heavy atom. The number of rotatable bonds is 3. The summed E-state index contributed by atoms with van der Waals surface area (Å²) in [5.74, 6) is 1.09. The molecular formula is C14H14N2O3. The molecule has 1 unspecified atom stereocenters. The highest BCUT2D eigenvalue weighted by molar-refractivity contribution is 5.82. The Morgan fingerprint density at radius 2 is 2.16 bits per heavy atom. The van der Waals surface area contributed by atoms with Gasteiger partial charge < -0.3 is 14.0 Å². The first-order valence-corrected chi connectivity index (χ1v) is 6.19. The number of fused-ring (bicyclic) bond motifs is 1. The maximum absolute atomic E-state index is 9.65. The van der Waals surface area contributed by atoms with E-state index < -0.39 is 6.10 Å². The van der Waals surface area contributed by atoms with E-state index in [2.05, 4.69) is 10.1 Å². The monoisotopic (exact) mass is 258 g/mol. The normalized spacial score (nSPS) is 13.0. The van der Waals surface area contributed by atoms with E-state index in [-0.39, 0.29) is 11.7 Å². The first-order valence-electron chi connectivity index (χ1n) is 6.19. The molecular weight excluding hydrogens is 244 g/mol. The fraction of sp³-hybridized carbons (Fsp3) is 0.286. The van der Waals surface area contributed by atoms with Gasteiger partial charge in [0.15, 0.2) is 5.76 Å². The maximum Gasteiger partial charge on any atom is 0.293 e. The largest absolute Gasteiger partial charge is 0.451 e. The molecule has 3 rings (SSSR count). The van der Waals surface area contributed by atoms with Gasteiger partial charge in [-0.3, -0.25) is 0 Å². The third-order valence-electron chi connectivity index (χ3n) is 3.01. The molecule has 0 amide bonds. The highest BCUT2D eigenvalue weighted by atomic mass is 16.5. The van der Waals surface area contributed by atoms with Gasteiger partial charge in [-0.25, -0.2) is 0 Å². The topological polar surface area (TPSA) is 72.3 Å². The summed E-state index contributed by atoms with van der Waals surface area (Å²) in [6.07, 6.45) is -0.165. The zero-order valence-electron chi connectivity index (χ0n) is 10.8. The van der Waals surface area contributed by atoms with Crippen LogP contribution in [0.25, 0.3) is 22.6 Å². The number of benzene rings is 1. The number of furan rings is 1. The van der Waals surface area contributed by atoms with Gasteiger partial charge in [0.2, 0.25) is 5.82 Å². The molecule has 0 saturated carbocycles. The van der Waals surface area contributed by atoms with Crippen LogP contribution >= 0.6 is 0 Å². The number of hydrogen-bond donors (Lipinski definition) is 1. The zero-order valence-corrected chi connectivity index (χ0v) is 10.8. The minimum Gasteiger partial charge on any atom is -0.451 e. The number of aliphatic hydroxyl groups excluding tert-OH is 1. The van der Waals surface area contributed by atoms with Gasteiger partial charge in [0, 0.05) is 5.39 Å². The van der Waals surface area contributed by atoms with E-state index in [0.29, 0.717) is 12.2 Å². The second-order valence-electron chi connectivity index (χ2n) is 4.53. The molecule has 0 bridgehead atoms. The predicted molar refractivity (Wildman–Crippen MR) is 69.5 cm³/mol. The average Bonchev–Trinajstić information content (AvgIpc) is 3.03. The molecule has 3 aromatic rings. The van der Waals surface area contributed by atoms with E-state index in [1.54, 1.807) is 0 Å². The summed E-state index contributed by atoms with van der Waals surface area (Å²) in [5.41, 5.74) is 1.93. The number of aromatic nitrogens is 2. The summed E-state index contributed by atoms with van der Waals surface area (Å²) in [6.45, 7) is 3.87. The van der Waals surface area contributed by atoms with Crippen molar-refractivity contribution in [2.24, 2.45) is 0 Å². The van der Waals surface area contributed by atoms with Crippen LogP contribution in [0.15, 0.2) is 33.2 Å². The smallest absolute Gasteiger partial charge is 0.293 e. The lowest BCUT2D eigenvalue weighted by atomic mass is 10.2. The van der Waals surface area contributed by atoms with Crippen molar-refractivity contribution in [2.45, 2.75) is 26.4 Å². The molecule has 0 aliphatic heterocycles. The highest BCUT2D eigenvalue weighted by Crippen LogP contribution is 2.28. The third kappa shape index (κ3) is 2.13. The van der Waals surface area contributed by atoms with E-state index in [0.717, 1.165) is 16.5 Å². The zero-order chi connectivity index (χ0) is 13.4. The Morgan fingerprint density at radius 3 is 2.95 bits per heavy atom. The van der Waals surface area contributed by atoms with Crippen molar-refractivity contribution >= 4 is 11.0 Å². The standard InChI is InChI=1S/C14H14N2O3/c1-3-10(17)13-15-14(19-16-13)12-7-9-6-8(2)4-5-11(9)18-12/h4-7,10,17H,3H2,1-2H3. The SMILES string of the molecule is CCC(O)c1noc(-c2cc3cc(C)ccc3o2)n1. The van der Waals surface area contributed by atoms with Crippen LogP contribution in [0.5, 0.6) is 0 Å². The van der Waals surface area contributed by atoms with Crippen molar-refractivity contribution in [1.29, 1.82) is 0 Å². The van der Waals surface area contributed by atoms with Crippen LogP contribution < -0.4 is 0 Å². The van der Waals surface area contributed by atoms with Gasteiger partial charge in [-0.05, 0) is 31.5 Å². The second kappa shape index (κ2) is 4.51. The van der Waals surface area contributed by atoms with E-state index in [9.17, 15) is 5.11 Å². The summed E-state index contributed by atoms with van der Waals surface area (Å²) < 4.78 is 10.8. The van der Waals surface area contributed by atoms with E-state index in [1.165, 1.54) is 0 Å². The van der Waals surface area contributed by atoms with Gasteiger partial charge in [0.05, 0.1) is 0 Å². The van der Waals surface area contributed by atoms with Gasteiger partial charge in [0.1, 0.15) is 11.7 Å². The highest BCUT2D eigenvalue weighted by Gasteiger charge is 2.17. The van der Waals surface area contributed by atoms with Gasteiger partial charge >= 0.3 is 0 Å². The molecule has 5 nitrogen and oxygen atoms in total. The number of aliphatic hydroxyl groups is 1. The first kappa shape index (κ1) is 11.9. The molecule has 1 N–H and O–H groups in total. The lowest BCUT2D eigenvalue weighted by molar-refractivity contribution is 0.159. The Bertz CT molecular complexity index is 714. The molecule has 0 fully saturated rings. The lowest BCUT2D eigenvalue weighted by Crippen LogP contribution is -1.97. The molecule has 1 aromatic carbocycles. The van der Waals surface area contributed by atoms with Crippen LogP contribution in [0.4, 0.5) is 0 Å². The molecule has 0 aliphatic carbocycles. The fourth-order valence-electron chi connectivity index (χ4n) is 1.92. The van der Waals surface area contributed by atoms with Crippen LogP contribution in [-0.4, -0.2) is 15.2 Å². The lowest BCUT2D eigenvalue weighted by Gasteiger charge is -1.97. The van der Waals surface area contributed by atoms with Gasteiger partial charge in [0.25, 0.3) is 5.89 Å². The molecule has 0 radical (unpaired) electrons. The summed E-state index contributed by atoms with van der Waals surface area (Å²) in [5, 5.41) is 14.4. The Hall–Kier alpha value is -2.14. The minimum atomic E-state index is -0.705. The van der Waals surface area contributed by atoms with Crippen molar-refractivity contribution in [1.82, 2.24) is 10.1 Å².